The van der Waals surface area contributed by atoms with Gasteiger partial charge in [-0.1, -0.05) is 12.1 Å². The van der Waals surface area contributed by atoms with Crippen LogP contribution in [-0.2, 0) is 22.2 Å². The van der Waals surface area contributed by atoms with Crippen molar-refractivity contribution in [3.63, 3.8) is 0 Å². The topological polar surface area (TPSA) is 67.9 Å². The van der Waals surface area contributed by atoms with Gasteiger partial charge in [-0.15, -0.1) is 0 Å². The molecule has 0 aliphatic carbocycles. The highest BCUT2D eigenvalue weighted by Crippen LogP contribution is 2.37. The van der Waals surface area contributed by atoms with Crippen LogP contribution in [0.4, 0.5) is 18.9 Å². The Balaban J connectivity index is 1.30. The van der Waals surface area contributed by atoms with Crippen LogP contribution in [0.15, 0.2) is 42.5 Å². The van der Waals surface area contributed by atoms with E-state index in [0.717, 1.165) is 12.1 Å². The zero-order valence-electron chi connectivity index (χ0n) is 15.9. The maximum Gasteiger partial charge on any atom is 0.416 e. The summed E-state index contributed by atoms with van der Waals surface area (Å²) in [6, 6.07) is 10.0. The summed E-state index contributed by atoms with van der Waals surface area (Å²) in [5.41, 5.74) is 0.625. The minimum Gasteiger partial charge on any atom is -0.454 e. The lowest BCUT2D eigenvalue weighted by Crippen LogP contribution is -2.34. The molecule has 0 bridgehead atoms. The summed E-state index contributed by atoms with van der Waals surface area (Å²) in [7, 11) is 0. The molecule has 1 unspecified atom stereocenters. The second kappa shape index (κ2) is 7.89. The molecule has 2 aromatic rings. The molecule has 9 heteroatoms. The molecule has 0 saturated carbocycles. The van der Waals surface area contributed by atoms with Crippen molar-refractivity contribution in [1.29, 1.82) is 0 Å². The monoisotopic (exact) mass is 420 g/mol. The van der Waals surface area contributed by atoms with E-state index in [1.54, 1.807) is 23.1 Å². The van der Waals surface area contributed by atoms with Gasteiger partial charge in [-0.2, -0.15) is 13.2 Å². The quantitative estimate of drug-likeness (QED) is 0.807. The van der Waals surface area contributed by atoms with Gasteiger partial charge >= 0.3 is 6.18 Å². The van der Waals surface area contributed by atoms with Gasteiger partial charge in [0.25, 0.3) is 0 Å². The second-order valence-electron chi connectivity index (χ2n) is 7.18. The largest absolute Gasteiger partial charge is 0.454 e. The number of nitrogens with one attached hydrogen (secondary N) is 1. The summed E-state index contributed by atoms with van der Waals surface area (Å²) >= 11 is 0. The van der Waals surface area contributed by atoms with Crippen LogP contribution in [0.3, 0.4) is 0 Å². The van der Waals surface area contributed by atoms with Gasteiger partial charge < -0.3 is 19.7 Å². The fourth-order valence-electron chi connectivity index (χ4n) is 3.52. The molecule has 1 atom stereocenters. The van der Waals surface area contributed by atoms with E-state index in [-0.39, 0.29) is 38.1 Å². The Kier molecular flexibility index (Phi) is 5.27. The summed E-state index contributed by atoms with van der Waals surface area (Å²) in [5, 5.41) is 2.77. The van der Waals surface area contributed by atoms with Crippen molar-refractivity contribution < 1.29 is 32.2 Å². The molecular weight excluding hydrogens is 401 g/mol. The van der Waals surface area contributed by atoms with Crippen molar-refractivity contribution >= 4 is 17.5 Å². The van der Waals surface area contributed by atoms with Gasteiger partial charge in [0.05, 0.1) is 11.5 Å². The van der Waals surface area contributed by atoms with Crippen LogP contribution in [0.5, 0.6) is 11.5 Å². The van der Waals surface area contributed by atoms with E-state index < -0.39 is 17.7 Å². The number of rotatable bonds is 5. The molecule has 4 rings (SSSR count). The van der Waals surface area contributed by atoms with Crippen LogP contribution >= 0.6 is 0 Å². The number of hydrogen-bond donors (Lipinski definition) is 1. The van der Waals surface area contributed by atoms with Crippen molar-refractivity contribution in [3.8, 4) is 11.5 Å². The van der Waals surface area contributed by atoms with Gasteiger partial charge in [-0.25, -0.2) is 0 Å². The molecule has 2 aromatic carbocycles. The second-order valence-corrected chi connectivity index (χ2v) is 7.18. The standard InChI is InChI=1S/C21H19F3N2O4/c22-21(23,24)15-3-1-13(2-4-15)7-8-25-20(28)14-9-19(27)26(11-14)16-5-6-17-18(10-16)30-12-29-17/h1-6,10,14H,7-9,11-12H2,(H,25,28). The fourth-order valence-corrected chi connectivity index (χ4v) is 3.52. The number of nitrogens with zero attached hydrogens (tertiary/aromatic N) is 1. The smallest absolute Gasteiger partial charge is 0.416 e. The molecule has 1 saturated heterocycles. The molecule has 30 heavy (non-hydrogen) atoms. The van der Waals surface area contributed by atoms with Gasteiger partial charge in [0.15, 0.2) is 11.5 Å². The number of alkyl halides is 3. The van der Waals surface area contributed by atoms with Crippen molar-refractivity contribution in [2.45, 2.75) is 19.0 Å². The highest BCUT2D eigenvalue weighted by Gasteiger charge is 2.35. The predicted octanol–water partition coefficient (Wildman–Crippen LogP) is 3.15. The lowest BCUT2D eigenvalue weighted by Gasteiger charge is -2.17. The molecule has 2 aliphatic heterocycles. The third-order valence-corrected chi connectivity index (χ3v) is 5.16. The van der Waals surface area contributed by atoms with Crippen molar-refractivity contribution in [2.75, 3.05) is 24.8 Å². The first-order valence-electron chi connectivity index (χ1n) is 9.45. The Labute approximate surface area is 170 Å². The first kappa shape index (κ1) is 20.1. The third-order valence-electron chi connectivity index (χ3n) is 5.16. The molecule has 1 fully saturated rings. The van der Waals surface area contributed by atoms with Gasteiger partial charge in [-0.05, 0) is 36.2 Å². The Morgan fingerprint density at radius 3 is 2.57 bits per heavy atom. The summed E-state index contributed by atoms with van der Waals surface area (Å²) in [6.45, 7) is 0.667. The average Bonchev–Trinajstić information content (AvgIpc) is 3.33. The number of benzene rings is 2. The van der Waals surface area contributed by atoms with Gasteiger partial charge in [0.2, 0.25) is 18.6 Å². The molecule has 1 N–H and O–H groups in total. The van der Waals surface area contributed by atoms with E-state index in [0.29, 0.717) is 29.2 Å². The van der Waals surface area contributed by atoms with Crippen LogP contribution in [0, 0.1) is 5.92 Å². The zero-order valence-corrected chi connectivity index (χ0v) is 15.9. The Bertz CT molecular complexity index is 960. The molecule has 2 heterocycles. The number of ether oxygens (including phenoxy) is 2. The van der Waals surface area contributed by atoms with Crippen LogP contribution in [0.25, 0.3) is 0 Å². The molecule has 158 valence electrons. The van der Waals surface area contributed by atoms with Crippen molar-refractivity contribution in [1.82, 2.24) is 5.32 Å². The molecule has 0 aromatic heterocycles. The normalized spacial score (nSPS) is 18.0. The van der Waals surface area contributed by atoms with Crippen LogP contribution in [0.1, 0.15) is 17.5 Å². The maximum absolute atomic E-state index is 12.6. The molecule has 0 radical (unpaired) electrons. The van der Waals surface area contributed by atoms with Gasteiger partial charge in [0.1, 0.15) is 0 Å². The first-order chi connectivity index (χ1) is 14.3. The van der Waals surface area contributed by atoms with E-state index in [9.17, 15) is 22.8 Å². The fraction of sp³-hybridized carbons (Fsp3) is 0.333. The average molecular weight is 420 g/mol. The summed E-state index contributed by atoms with van der Waals surface area (Å²) < 4.78 is 48.4. The highest BCUT2D eigenvalue weighted by molar-refractivity contribution is 6.00. The minimum absolute atomic E-state index is 0.0978. The third kappa shape index (κ3) is 4.19. The lowest BCUT2D eigenvalue weighted by molar-refractivity contribution is -0.137. The van der Waals surface area contributed by atoms with Gasteiger partial charge in [0, 0.05) is 31.3 Å². The van der Waals surface area contributed by atoms with Crippen molar-refractivity contribution in [3.05, 3.63) is 53.6 Å². The van der Waals surface area contributed by atoms with Crippen molar-refractivity contribution in [2.24, 2.45) is 5.92 Å². The van der Waals surface area contributed by atoms with E-state index >= 15 is 0 Å². The number of halogens is 3. The number of carbonyl (C=O) groups excluding carboxylic acids is 2. The maximum atomic E-state index is 12.6. The number of anilines is 1. The number of amides is 2. The van der Waals surface area contributed by atoms with Crippen LogP contribution in [0.2, 0.25) is 0 Å². The molecule has 0 spiro atoms. The molecular formula is C21H19F3N2O4. The minimum atomic E-state index is -4.37. The SMILES string of the molecule is O=C(NCCc1ccc(C(F)(F)F)cc1)C1CC(=O)N(c2ccc3c(c2)OCO3)C1. The Hall–Kier alpha value is -3.23. The number of carbonyl (C=O) groups is 2. The lowest BCUT2D eigenvalue weighted by atomic mass is 10.1. The Morgan fingerprint density at radius 1 is 1.10 bits per heavy atom. The highest BCUT2D eigenvalue weighted by atomic mass is 19.4. The van der Waals surface area contributed by atoms with E-state index in [2.05, 4.69) is 5.32 Å². The summed E-state index contributed by atoms with van der Waals surface area (Å²) in [4.78, 5) is 26.4. The predicted molar refractivity (Wildman–Crippen MR) is 101 cm³/mol. The summed E-state index contributed by atoms with van der Waals surface area (Å²) in [5.74, 6) is 0.276. The van der Waals surface area contributed by atoms with Crippen LogP contribution < -0.4 is 19.7 Å². The van der Waals surface area contributed by atoms with E-state index in [4.69, 9.17) is 9.47 Å². The Morgan fingerprint density at radius 2 is 1.83 bits per heavy atom. The molecule has 2 amide bonds. The first-order valence-corrected chi connectivity index (χ1v) is 9.45. The molecule has 6 nitrogen and oxygen atoms in total. The number of fused-ring (bicyclic) bond motifs is 1. The van der Waals surface area contributed by atoms with Gasteiger partial charge in [-0.3, -0.25) is 9.59 Å². The number of hydrogen-bond acceptors (Lipinski definition) is 4. The molecule has 2 aliphatic rings. The zero-order chi connectivity index (χ0) is 21.3. The van der Waals surface area contributed by atoms with Crippen LogP contribution in [-0.4, -0.2) is 31.7 Å². The van der Waals surface area contributed by atoms with E-state index in [1.165, 1.54) is 12.1 Å². The summed E-state index contributed by atoms with van der Waals surface area (Å²) in [6.07, 6.45) is -3.87. The van der Waals surface area contributed by atoms with E-state index in [1.807, 2.05) is 0 Å².